The van der Waals surface area contributed by atoms with E-state index in [0.717, 1.165) is 11.1 Å². The van der Waals surface area contributed by atoms with Crippen molar-refractivity contribution in [2.75, 3.05) is 0 Å². The van der Waals surface area contributed by atoms with Crippen molar-refractivity contribution >= 4 is 17.6 Å². The smallest absolute Gasteiger partial charge is 0.136 e. The van der Waals surface area contributed by atoms with Gasteiger partial charge in [0.05, 0.1) is 12.1 Å². The molecule has 0 aromatic heterocycles. The first kappa shape index (κ1) is 13.3. The quantitative estimate of drug-likeness (QED) is 0.767. The predicted molar refractivity (Wildman–Crippen MR) is 80.3 cm³/mol. The summed E-state index contributed by atoms with van der Waals surface area (Å²) >= 11 is 6.56. The second-order valence-corrected chi connectivity index (χ2v) is 5.53. The molecule has 2 atom stereocenters. The molecule has 2 aromatic carbocycles. The van der Waals surface area contributed by atoms with E-state index in [-0.39, 0.29) is 17.9 Å². The Hall–Kier alpha value is -1.64. The normalized spacial score (nSPS) is 23.8. The average Bonchev–Trinajstić information content (AvgIpc) is 2.51. The zero-order valence-corrected chi connectivity index (χ0v) is 11.8. The Morgan fingerprint density at radius 2 is 1.20 bits per heavy atom. The monoisotopic (exact) mass is 285 g/mol. The first-order chi connectivity index (χ1) is 9.75. The molecule has 0 amide bonds. The van der Waals surface area contributed by atoms with Gasteiger partial charge in [-0.15, -0.1) is 0 Å². The van der Waals surface area contributed by atoms with Gasteiger partial charge < -0.3 is 0 Å². The van der Waals surface area contributed by atoms with E-state index in [4.69, 9.17) is 11.8 Å². The minimum absolute atomic E-state index is 0.0516. The second kappa shape index (κ2) is 5.78. The number of carbonyl (C=O) groups is 1. The third kappa shape index (κ3) is 2.62. The summed E-state index contributed by atoms with van der Waals surface area (Å²) in [5.41, 5.74) is 2.19. The van der Waals surface area contributed by atoms with Gasteiger partial charge in [0.2, 0.25) is 0 Å². The summed E-state index contributed by atoms with van der Waals surface area (Å²) in [4.78, 5) is 12.1. The van der Waals surface area contributed by atoms with Crippen LogP contribution in [0.2, 0.25) is 0 Å². The van der Waals surface area contributed by atoms with Crippen LogP contribution in [0, 0.1) is 0 Å². The van der Waals surface area contributed by atoms with Crippen LogP contribution >= 0.6 is 11.8 Å². The Bertz CT molecular complexity index is 533. The molecule has 2 aromatic rings. The SMILES string of the molecule is O=C1CC(c2ccccc2)N(Cl)C(c2ccccc2)C1. The highest BCUT2D eigenvalue weighted by Crippen LogP contribution is 2.41. The number of piperidine rings is 1. The number of Topliss-reactive ketones (excluding diaryl/α,β-unsaturated/α-hetero) is 1. The lowest BCUT2D eigenvalue weighted by Crippen LogP contribution is -2.33. The number of hydrogen-bond donors (Lipinski definition) is 0. The minimum atomic E-state index is -0.0516. The summed E-state index contributed by atoms with van der Waals surface area (Å²) in [6, 6.07) is 19.9. The Kier molecular flexibility index (Phi) is 3.86. The van der Waals surface area contributed by atoms with E-state index in [1.807, 2.05) is 65.1 Å². The molecule has 3 heteroatoms. The minimum Gasteiger partial charge on any atom is -0.300 e. The summed E-state index contributed by atoms with van der Waals surface area (Å²) < 4.78 is 1.81. The molecule has 1 aliphatic heterocycles. The van der Waals surface area contributed by atoms with E-state index in [9.17, 15) is 4.79 Å². The van der Waals surface area contributed by atoms with Gasteiger partial charge in [-0.3, -0.25) is 4.79 Å². The maximum Gasteiger partial charge on any atom is 0.136 e. The molecule has 0 radical (unpaired) electrons. The Morgan fingerprint density at radius 1 is 0.800 bits per heavy atom. The largest absolute Gasteiger partial charge is 0.300 e. The van der Waals surface area contributed by atoms with Crippen LogP contribution in [0.5, 0.6) is 0 Å². The van der Waals surface area contributed by atoms with Crippen molar-refractivity contribution in [1.82, 2.24) is 4.42 Å². The molecule has 1 fully saturated rings. The number of hydrogen-bond acceptors (Lipinski definition) is 2. The number of halogens is 1. The molecule has 3 rings (SSSR count). The molecule has 20 heavy (non-hydrogen) atoms. The zero-order valence-electron chi connectivity index (χ0n) is 11.1. The van der Waals surface area contributed by atoms with Crippen LogP contribution in [0.15, 0.2) is 60.7 Å². The van der Waals surface area contributed by atoms with Crippen molar-refractivity contribution in [2.24, 2.45) is 0 Å². The third-order valence-electron chi connectivity index (χ3n) is 3.81. The fourth-order valence-corrected chi connectivity index (χ4v) is 3.14. The first-order valence-corrected chi connectivity index (χ1v) is 7.15. The lowest BCUT2D eigenvalue weighted by atomic mass is 9.89. The number of benzene rings is 2. The summed E-state index contributed by atoms with van der Waals surface area (Å²) in [7, 11) is 0. The molecule has 2 unspecified atom stereocenters. The van der Waals surface area contributed by atoms with Gasteiger partial charge in [-0.1, -0.05) is 60.7 Å². The van der Waals surface area contributed by atoms with Crippen molar-refractivity contribution in [3.05, 3.63) is 71.8 Å². The third-order valence-corrected chi connectivity index (χ3v) is 4.28. The highest BCUT2D eigenvalue weighted by Gasteiger charge is 2.35. The fourth-order valence-electron chi connectivity index (χ4n) is 2.78. The molecule has 2 nitrogen and oxygen atoms in total. The van der Waals surface area contributed by atoms with E-state index in [1.165, 1.54) is 0 Å². The lowest BCUT2D eigenvalue weighted by molar-refractivity contribution is -0.123. The van der Waals surface area contributed by atoms with Gasteiger partial charge >= 0.3 is 0 Å². The van der Waals surface area contributed by atoms with Gasteiger partial charge in [0, 0.05) is 12.8 Å². The van der Waals surface area contributed by atoms with Gasteiger partial charge in [0.15, 0.2) is 0 Å². The second-order valence-electron chi connectivity index (χ2n) is 5.14. The van der Waals surface area contributed by atoms with Crippen LogP contribution in [0.25, 0.3) is 0 Å². The number of ketones is 1. The topological polar surface area (TPSA) is 20.3 Å². The summed E-state index contributed by atoms with van der Waals surface area (Å²) in [5, 5.41) is 0. The number of rotatable bonds is 2. The molecule has 0 saturated carbocycles. The lowest BCUT2D eigenvalue weighted by Gasteiger charge is -2.36. The van der Waals surface area contributed by atoms with E-state index in [1.54, 1.807) is 0 Å². The fraction of sp³-hybridized carbons (Fsp3) is 0.235. The van der Waals surface area contributed by atoms with Crippen LogP contribution in [-0.2, 0) is 4.79 Å². The summed E-state index contributed by atoms with van der Waals surface area (Å²) in [6.07, 6.45) is 0.966. The molecule has 1 aliphatic rings. The van der Waals surface area contributed by atoms with Crippen LogP contribution in [0.1, 0.15) is 36.1 Å². The van der Waals surface area contributed by atoms with Gasteiger partial charge in [-0.25, -0.2) is 4.42 Å². The molecular weight excluding hydrogens is 270 g/mol. The molecule has 1 saturated heterocycles. The molecule has 0 N–H and O–H groups in total. The number of nitrogens with zero attached hydrogens (tertiary/aromatic N) is 1. The molecule has 1 heterocycles. The van der Waals surface area contributed by atoms with Crippen LogP contribution < -0.4 is 0 Å². The Balaban J connectivity index is 1.92. The average molecular weight is 286 g/mol. The molecule has 0 spiro atoms. The van der Waals surface area contributed by atoms with Crippen LogP contribution in [-0.4, -0.2) is 10.2 Å². The summed E-state index contributed by atoms with van der Waals surface area (Å²) in [6.45, 7) is 0. The Labute approximate surface area is 124 Å². The number of carbonyl (C=O) groups excluding carboxylic acids is 1. The van der Waals surface area contributed by atoms with Crippen LogP contribution in [0.4, 0.5) is 0 Å². The van der Waals surface area contributed by atoms with Gasteiger partial charge in [-0.2, -0.15) is 0 Å². The zero-order chi connectivity index (χ0) is 13.9. The first-order valence-electron chi connectivity index (χ1n) is 6.81. The van der Waals surface area contributed by atoms with E-state index < -0.39 is 0 Å². The van der Waals surface area contributed by atoms with Crippen molar-refractivity contribution in [3.63, 3.8) is 0 Å². The van der Waals surface area contributed by atoms with E-state index >= 15 is 0 Å². The van der Waals surface area contributed by atoms with E-state index in [2.05, 4.69) is 0 Å². The standard InChI is InChI=1S/C17H16ClNO/c18-19-16(13-7-3-1-4-8-13)11-15(20)12-17(19)14-9-5-2-6-10-14/h1-10,16-17H,11-12H2. The van der Waals surface area contributed by atoms with Crippen molar-refractivity contribution in [2.45, 2.75) is 24.9 Å². The maximum absolute atomic E-state index is 12.1. The highest BCUT2D eigenvalue weighted by atomic mass is 35.5. The molecule has 0 aliphatic carbocycles. The van der Waals surface area contributed by atoms with Crippen molar-refractivity contribution in [3.8, 4) is 0 Å². The Morgan fingerprint density at radius 3 is 1.60 bits per heavy atom. The van der Waals surface area contributed by atoms with Gasteiger partial charge in [0.25, 0.3) is 0 Å². The van der Waals surface area contributed by atoms with Gasteiger partial charge in [0.1, 0.15) is 5.78 Å². The maximum atomic E-state index is 12.1. The molecule has 102 valence electrons. The molecular formula is C17H16ClNO. The predicted octanol–water partition coefficient (Wildman–Crippen LogP) is 4.29. The van der Waals surface area contributed by atoms with Gasteiger partial charge in [-0.05, 0) is 22.9 Å². The highest BCUT2D eigenvalue weighted by molar-refractivity contribution is 6.14. The summed E-state index contributed by atoms with van der Waals surface area (Å²) in [5.74, 6) is 0.268. The van der Waals surface area contributed by atoms with Crippen LogP contribution in [0.3, 0.4) is 0 Å². The van der Waals surface area contributed by atoms with Crippen molar-refractivity contribution < 1.29 is 4.79 Å². The molecule has 0 bridgehead atoms. The van der Waals surface area contributed by atoms with E-state index in [0.29, 0.717) is 12.8 Å². The van der Waals surface area contributed by atoms with Crippen molar-refractivity contribution in [1.29, 1.82) is 0 Å².